The molecule has 0 unspecified atom stereocenters. The van der Waals surface area contributed by atoms with Crippen molar-refractivity contribution in [1.29, 1.82) is 10.5 Å². The topological polar surface area (TPSA) is 113 Å². The first kappa shape index (κ1) is 19.1. The van der Waals surface area contributed by atoms with E-state index in [0.717, 1.165) is 11.4 Å². The Bertz CT molecular complexity index is 1180. The number of allylic oxidation sites excluding steroid dienone is 1. The highest BCUT2D eigenvalue weighted by Gasteiger charge is 2.10. The number of aryl methyl sites for hydroxylation is 1. The van der Waals surface area contributed by atoms with Crippen molar-refractivity contribution in [1.82, 2.24) is 14.6 Å². The van der Waals surface area contributed by atoms with Crippen LogP contribution in [-0.2, 0) is 13.0 Å². The zero-order valence-corrected chi connectivity index (χ0v) is 16.0. The first-order valence-electron chi connectivity index (χ1n) is 8.29. The van der Waals surface area contributed by atoms with Crippen LogP contribution in [0.3, 0.4) is 0 Å². The third-order valence-corrected chi connectivity index (χ3v) is 4.81. The number of hydrogen-bond acceptors (Lipinski definition) is 8. The van der Waals surface area contributed by atoms with Gasteiger partial charge in [0.25, 0.3) is 5.56 Å². The Labute approximate surface area is 164 Å². The molecule has 0 aliphatic heterocycles. The van der Waals surface area contributed by atoms with Gasteiger partial charge in [-0.3, -0.25) is 4.79 Å². The summed E-state index contributed by atoms with van der Waals surface area (Å²) in [4.78, 5) is 17.1. The second-order valence-corrected chi connectivity index (χ2v) is 6.65. The zero-order chi connectivity index (χ0) is 20.1. The average molecular weight is 393 g/mol. The van der Waals surface area contributed by atoms with E-state index in [0.29, 0.717) is 27.7 Å². The molecule has 9 heteroatoms. The first-order valence-corrected chi connectivity index (χ1v) is 9.11. The molecule has 2 aromatic heterocycles. The minimum Gasteiger partial charge on any atom is -0.493 e. The highest BCUT2D eigenvalue weighted by Crippen LogP contribution is 2.29. The van der Waals surface area contributed by atoms with Crippen LogP contribution in [0, 0.1) is 22.7 Å². The second-order valence-electron chi connectivity index (χ2n) is 5.61. The monoisotopic (exact) mass is 393 g/mol. The van der Waals surface area contributed by atoms with Gasteiger partial charge in [-0.15, -0.1) is 0 Å². The summed E-state index contributed by atoms with van der Waals surface area (Å²) in [5.74, 6) is 0.892. The number of methoxy groups -OCH3 is 1. The lowest BCUT2D eigenvalue weighted by atomic mass is 10.1. The van der Waals surface area contributed by atoms with Gasteiger partial charge in [-0.25, -0.2) is 4.98 Å². The van der Waals surface area contributed by atoms with Crippen LogP contribution in [0.25, 0.3) is 11.0 Å². The van der Waals surface area contributed by atoms with E-state index < -0.39 is 0 Å². The van der Waals surface area contributed by atoms with E-state index in [-0.39, 0.29) is 17.7 Å². The van der Waals surface area contributed by atoms with E-state index in [2.05, 4.69) is 10.1 Å². The summed E-state index contributed by atoms with van der Waals surface area (Å²) in [7, 11) is 1.49. The molecule has 0 N–H and O–H groups in total. The normalized spacial score (nSPS) is 10.1. The smallest absolute Gasteiger partial charge is 0.275 e. The molecule has 8 nitrogen and oxygen atoms in total. The van der Waals surface area contributed by atoms with Crippen LogP contribution in [0.15, 0.2) is 34.6 Å². The van der Waals surface area contributed by atoms with Gasteiger partial charge in [0.1, 0.15) is 29.3 Å². The van der Waals surface area contributed by atoms with Crippen molar-refractivity contribution in [2.45, 2.75) is 20.0 Å². The Kier molecular flexibility index (Phi) is 5.68. The molecule has 0 aliphatic carbocycles. The number of nitriles is 2. The molecule has 0 atom stereocenters. The maximum Gasteiger partial charge on any atom is 0.275 e. The molecule has 0 spiro atoms. The lowest BCUT2D eigenvalue weighted by Gasteiger charge is -2.11. The van der Waals surface area contributed by atoms with Crippen LogP contribution in [0.1, 0.15) is 23.2 Å². The van der Waals surface area contributed by atoms with Gasteiger partial charge in [0.15, 0.2) is 11.5 Å². The maximum absolute atomic E-state index is 12.2. The van der Waals surface area contributed by atoms with Crippen molar-refractivity contribution >= 4 is 22.4 Å². The molecule has 1 aromatic carbocycles. The predicted octanol–water partition coefficient (Wildman–Crippen LogP) is 2.73. The van der Waals surface area contributed by atoms with Gasteiger partial charge in [-0.05, 0) is 30.2 Å². The molecule has 0 saturated carbocycles. The third-order valence-electron chi connectivity index (χ3n) is 3.76. The summed E-state index contributed by atoms with van der Waals surface area (Å²) in [6.45, 7) is 2.05. The van der Waals surface area contributed by atoms with Gasteiger partial charge < -0.3 is 9.47 Å². The summed E-state index contributed by atoms with van der Waals surface area (Å²) < 4.78 is 12.4. The highest BCUT2D eigenvalue weighted by molar-refractivity contribution is 7.16. The van der Waals surface area contributed by atoms with E-state index in [1.807, 2.05) is 19.1 Å². The Balaban J connectivity index is 1.83. The molecule has 28 heavy (non-hydrogen) atoms. The van der Waals surface area contributed by atoms with Crippen LogP contribution in [-0.4, -0.2) is 21.7 Å². The van der Waals surface area contributed by atoms with E-state index in [1.165, 1.54) is 35.1 Å². The molecule has 0 bridgehead atoms. The molecule has 2 heterocycles. The number of aromatic nitrogens is 3. The molecule has 0 saturated heterocycles. The van der Waals surface area contributed by atoms with E-state index >= 15 is 0 Å². The van der Waals surface area contributed by atoms with Crippen molar-refractivity contribution in [2.24, 2.45) is 0 Å². The van der Waals surface area contributed by atoms with Crippen LogP contribution in [0.5, 0.6) is 11.5 Å². The van der Waals surface area contributed by atoms with Crippen LogP contribution in [0.2, 0.25) is 0 Å². The van der Waals surface area contributed by atoms with Gasteiger partial charge in [-0.1, -0.05) is 24.3 Å². The van der Waals surface area contributed by atoms with Gasteiger partial charge in [0.05, 0.1) is 12.8 Å². The number of rotatable bonds is 6. The molecule has 0 radical (unpaired) electrons. The number of hydrogen-bond donors (Lipinski definition) is 0. The van der Waals surface area contributed by atoms with Gasteiger partial charge in [0, 0.05) is 6.07 Å². The predicted molar refractivity (Wildman–Crippen MR) is 103 cm³/mol. The van der Waals surface area contributed by atoms with E-state index in [4.69, 9.17) is 20.0 Å². The second kappa shape index (κ2) is 8.33. The summed E-state index contributed by atoms with van der Waals surface area (Å²) in [5, 5.41) is 22.8. The fraction of sp³-hybridized carbons (Fsp3) is 0.211. The largest absolute Gasteiger partial charge is 0.493 e. The Morgan fingerprint density at radius 1 is 1.29 bits per heavy atom. The standard InChI is InChI=1S/C19H15N5O3S/c1-3-17-23-24-18(25)8-14(22-19(24)28-17)11-27-15-5-4-12(7-16(15)26-2)6-13(9-20)10-21/h4-8H,3,11H2,1-2H3. The van der Waals surface area contributed by atoms with E-state index in [9.17, 15) is 4.79 Å². The van der Waals surface area contributed by atoms with Crippen molar-refractivity contribution in [3.8, 4) is 23.6 Å². The SMILES string of the molecule is CCc1nn2c(=O)cc(COc3ccc(C=C(C#N)C#N)cc3OC)nc2s1. The lowest BCUT2D eigenvalue weighted by molar-refractivity contribution is 0.280. The fourth-order valence-electron chi connectivity index (χ4n) is 2.41. The van der Waals surface area contributed by atoms with Gasteiger partial charge in [0.2, 0.25) is 4.96 Å². The lowest BCUT2D eigenvalue weighted by Crippen LogP contribution is -2.16. The number of benzene rings is 1. The summed E-state index contributed by atoms with van der Waals surface area (Å²) >= 11 is 1.37. The zero-order valence-electron chi connectivity index (χ0n) is 15.2. The highest BCUT2D eigenvalue weighted by atomic mass is 32.1. The van der Waals surface area contributed by atoms with Crippen LogP contribution >= 0.6 is 11.3 Å². The third kappa shape index (κ3) is 4.00. The molecule has 0 amide bonds. The Morgan fingerprint density at radius 3 is 2.75 bits per heavy atom. The van der Waals surface area contributed by atoms with Crippen molar-refractivity contribution in [3.05, 3.63) is 56.5 Å². The molecular weight excluding hydrogens is 378 g/mol. The fourth-order valence-corrected chi connectivity index (χ4v) is 3.27. The van der Waals surface area contributed by atoms with Crippen LogP contribution < -0.4 is 15.0 Å². The molecule has 3 aromatic rings. The quantitative estimate of drug-likeness (QED) is 0.592. The summed E-state index contributed by atoms with van der Waals surface area (Å²) in [5.41, 5.74) is 0.854. The van der Waals surface area contributed by atoms with E-state index in [1.54, 1.807) is 18.2 Å². The molecule has 3 rings (SSSR count). The van der Waals surface area contributed by atoms with Crippen molar-refractivity contribution < 1.29 is 9.47 Å². The van der Waals surface area contributed by atoms with Crippen molar-refractivity contribution in [2.75, 3.05) is 7.11 Å². The average Bonchev–Trinajstić information content (AvgIpc) is 3.14. The molecule has 0 aliphatic rings. The van der Waals surface area contributed by atoms with Gasteiger partial charge in [-0.2, -0.15) is 20.1 Å². The van der Waals surface area contributed by atoms with Gasteiger partial charge >= 0.3 is 0 Å². The maximum atomic E-state index is 12.2. The number of nitrogens with zero attached hydrogens (tertiary/aromatic N) is 5. The summed E-state index contributed by atoms with van der Waals surface area (Å²) in [6.07, 6.45) is 2.19. The Hall–Kier alpha value is -3.69. The van der Waals surface area contributed by atoms with Crippen LogP contribution in [0.4, 0.5) is 0 Å². The number of fused-ring (bicyclic) bond motifs is 1. The minimum atomic E-state index is -0.257. The molecule has 140 valence electrons. The Morgan fingerprint density at radius 2 is 2.07 bits per heavy atom. The summed E-state index contributed by atoms with van der Waals surface area (Å²) in [6, 6.07) is 10.0. The minimum absolute atomic E-state index is 0.00953. The first-order chi connectivity index (χ1) is 13.6. The number of ether oxygens (including phenoxy) is 2. The molecule has 0 fully saturated rings. The van der Waals surface area contributed by atoms with Crippen molar-refractivity contribution in [3.63, 3.8) is 0 Å². The molecular formula is C19H15N5O3S.